The minimum atomic E-state index is 0.0777. The molecule has 1 aliphatic heterocycles. The van der Waals surface area contributed by atoms with Crippen molar-refractivity contribution in [3.8, 4) is 0 Å². The molecule has 1 aromatic carbocycles. The van der Waals surface area contributed by atoms with Crippen LogP contribution in [0.3, 0.4) is 0 Å². The molecule has 0 aliphatic carbocycles. The Morgan fingerprint density at radius 3 is 2.94 bits per heavy atom. The second kappa shape index (κ2) is 4.86. The van der Waals surface area contributed by atoms with Crippen molar-refractivity contribution in [3.63, 3.8) is 0 Å². The van der Waals surface area contributed by atoms with Crippen molar-refractivity contribution < 1.29 is 9.15 Å². The zero-order chi connectivity index (χ0) is 12.4. The highest BCUT2D eigenvalue weighted by Crippen LogP contribution is 2.32. The lowest BCUT2D eigenvalue weighted by Crippen LogP contribution is -2.21. The lowest BCUT2D eigenvalue weighted by Gasteiger charge is -2.22. The average molecular weight is 243 g/mol. The lowest BCUT2D eigenvalue weighted by atomic mass is 10.0. The smallest absolute Gasteiger partial charge is 0.134 e. The summed E-state index contributed by atoms with van der Waals surface area (Å²) in [7, 11) is 1.95. The van der Waals surface area contributed by atoms with Crippen LogP contribution in [0.25, 0.3) is 11.0 Å². The highest BCUT2D eigenvalue weighted by atomic mass is 16.5. The van der Waals surface area contributed by atoms with Crippen LogP contribution in [0.1, 0.15) is 24.4 Å². The van der Waals surface area contributed by atoms with E-state index >= 15 is 0 Å². The lowest BCUT2D eigenvalue weighted by molar-refractivity contribution is 0.169. The molecule has 0 spiro atoms. The van der Waals surface area contributed by atoms with Gasteiger partial charge in [-0.05, 0) is 32.0 Å². The number of nitrogens with one attached hydrogen (secondary N) is 1. The number of allylic oxidation sites excluding steroid dienone is 1. The minimum absolute atomic E-state index is 0.0777. The van der Waals surface area contributed by atoms with E-state index in [0.717, 1.165) is 41.7 Å². The van der Waals surface area contributed by atoms with Gasteiger partial charge in [-0.1, -0.05) is 18.2 Å². The maximum absolute atomic E-state index is 5.76. The average Bonchev–Trinajstić information content (AvgIpc) is 2.85. The van der Waals surface area contributed by atoms with Crippen LogP contribution in [-0.2, 0) is 4.74 Å². The Hall–Kier alpha value is -1.74. The van der Waals surface area contributed by atoms with Gasteiger partial charge in [0.2, 0.25) is 0 Å². The zero-order valence-corrected chi connectivity index (χ0v) is 10.5. The van der Waals surface area contributed by atoms with E-state index in [9.17, 15) is 0 Å². The standard InChI is InChI=1S/C15H17NO2/c1-16-15(14-8-4-5-9-17-14)12-10-18-13-7-3-2-6-11(12)13/h2-3,6-8,10,15-16H,4-5,9H2,1H3. The third-order valence-electron chi connectivity index (χ3n) is 3.36. The van der Waals surface area contributed by atoms with Crippen LogP contribution in [0.5, 0.6) is 0 Å². The fraction of sp³-hybridized carbons (Fsp3) is 0.333. The van der Waals surface area contributed by atoms with Crippen molar-refractivity contribution in [2.24, 2.45) is 0 Å². The Labute approximate surface area is 106 Å². The summed E-state index contributed by atoms with van der Waals surface area (Å²) >= 11 is 0. The molecule has 1 N–H and O–H groups in total. The number of ether oxygens (including phenoxy) is 1. The maximum Gasteiger partial charge on any atom is 0.134 e. The van der Waals surface area contributed by atoms with Crippen molar-refractivity contribution in [1.82, 2.24) is 5.32 Å². The molecule has 1 unspecified atom stereocenters. The van der Waals surface area contributed by atoms with Gasteiger partial charge in [-0.2, -0.15) is 0 Å². The number of para-hydroxylation sites is 1. The third kappa shape index (κ3) is 1.91. The molecule has 3 heteroatoms. The van der Waals surface area contributed by atoms with Gasteiger partial charge in [0, 0.05) is 10.9 Å². The maximum atomic E-state index is 5.76. The molecule has 1 atom stereocenters. The van der Waals surface area contributed by atoms with Crippen LogP contribution in [-0.4, -0.2) is 13.7 Å². The molecular weight excluding hydrogens is 226 g/mol. The van der Waals surface area contributed by atoms with Gasteiger partial charge in [0.15, 0.2) is 0 Å². The molecule has 0 saturated carbocycles. The van der Waals surface area contributed by atoms with Crippen molar-refractivity contribution in [3.05, 3.63) is 47.9 Å². The molecular formula is C15H17NO2. The summed E-state index contributed by atoms with van der Waals surface area (Å²) in [5.41, 5.74) is 2.06. The number of likely N-dealkylation sites (N-methyl/N-ethyl adjacent to an activating group) is 1. The Morgan fingerprint density at radius 1 is 1.28 bits per heavy atom. The minimum Gasteiger partial charge on any atom is -0.496 e. The topological polar surface area (TPSA) is 34.4 Å². The van der Waals surface area contributed by atoms with Crippen LogP contribution in [0.4, 0.5) is 0 Å². The predicted octanol–water partition coefficient (Wildman–Crippen LogP) is 3.39. The number of rotatable bonds is 3. The highest BCUT2D eigenvalue weighted by Gasteiger charge is 2.21. The SMILES string of the molecule is CNC(C1=CCCCO1)c1coc2ccccc12. The largest absolute Gasteiger partial charge is 0.496 e. The van der Waals surface area contributed by atoms with Crippen molar-refractivity contribution in [2.75, 3.05) is 13.7 Å². The molecule has 2 aromatic rings. The molecule has 1 aromatic heterocycles. The summed E-state index contributed by atoms with van der Waals surface area (Å²) in [6.07, 6.45) is 6.19. The summed E-state index contributed by atoms with van der Waals surface area (Å²) < 4.78 is 11.4. The molecule has 0 radical (unpaired) electrons. The zero-order valence-electron chi connectivity index (χ0n) is 10.5. The molecule has 0 saturated heterocycles. The number of fused-ring (bicyclic) bond motifs is 1. The first-order valence-electron chi connectivity index (χ1n) is 6.36. The van der Waals surface area contributed by atoms with E-state index in [4.69, 9.17) is 9.15 Å². The Balaban J connectivity index is 2.03. The van der Waals surface area contributed by atoms with Crippen LogP contribution in [0.15, 0.2) is 46.8 Å². The van der Waals surface area contributed by atoms with Gasteiger partial charge in [-0.25, -0.2) is 0 Å². The van der Waals surface area contributed by atoms with E-state index in [1.54, 1.807) is 0 Å². The fourth-order valence-corrected chi connectivity index (χ4v) is 2.45. The summed E-state index contributed by atoms with van der Waals surface area (Å²) in [4.78, 5) is 0. The van der Waals surface area contributed by atoms with Crippen LogP contribution in [0, 0.1) is 0 Å². The summed E-state index contributed by atoms with van der Waals surface area (Å²) in [5, 5.41) is 4.46. The quantitative estimate of drug-likeness (QED) is 0.897. The van der Waals surface area contributed by atoms with E-state index in [1.165, 1.54) is 0 Å². The molecule has 0 bridgehead atoms. The first kappa shape index (κ1) is 11.4. The van der Waals surface area contributed by atoms with Crippen LogP contribution in [0.2, 0.25) is 0 Å². The van der Waals surface area contributed by atoms with Crippen molar-refractivity contribution >= 4 is 11.0 Å². The highest BCUT2D eigenvalue weighted by molar-refractivity contribution is 5.81. The van der Waals surface area contributed by atoms with E-state index < -0.39 is 0 Å². The number of hydrogen-bond acceptors (Lipinski definition) is 3. The molecule has 94 valence electrons. The number of benzene rings is 1. The number of hydrogen-bond donors (Lipinski definition) is 1. The van der Waals surface area contributed by atoms with Crippen molar-refractivity contribution in [1.29, 1.82) is 0 Å². The number of furan rings is 1. The second-order valence-electron chi connectivity index (χ2n) is 4.51. The van der Waals surface area contributed by atoms with E-state index in [2.05, 4.69) is 17.5 Å². The summed E-state index contributed by atoms with van der Waals surface area (Å²) in [5.74, 6) is 1.01. The first-order valence-corrected chi connectivity index (χ1v) is 6.36. The molecule has 3 rings (SSSR count). The summed E-state index contributed by atoms with van der Waals surface area (Å²) in [6.45, 7) is 0.805. The van der Waals surface area contributed by atoms with Gasteiger partial charge in [0.05, 0.1) is 18.9 Å². The second-order valence-corrected chi connectivity index (χ2v) is 4.51. The predicted molar refractivity (Wildman–Crippen MR) is 71.3 cm³/mol. The molecule has 1 aliphatic rings. The van der Waals surface area contributed by atoms with E-state index in [0.29, 0.717) is 0 Å². The van der Waals surface area contributed by atoms with E-state index in [-0.39, 0.29) is 6.04 Å². The van der Waals surface area contributed by atoms with Gasteiger partial charge in [-0.3, -0.25) is 0 Å². The fourth-order valence-electron chi connectivity index (χ4n) is 2.45. The van der Waals surface area contributed by atoms with Gasteiger partial charge in [-0.15, -0.1) is 0 Å². The molecule has 3 nitrogen and oxygen atoms in total. The van der Waals surface area contributed by atoms with Gasteiger partial charge in [0.25, 0.3) is 0 Å². The van der Waals surface area contributed by atoms with Crippen LogP contribution < -0.4 is 5.32 Å². The molecule has 2 heterocycles. The Bertz CT molecular complexity index is 571. The van der Waals surface area contributed by atoms with Crippen molar-refractivity contribution in [2.45, 2.75) is 18.9 Å². The normalized spacial score (nSPS) is 17.3. The van der Waals surface area contributed by atoms with Gasteiger partial charge in [0.1, 0.15) is 11.3 Å². The monoisotopic (exact) mass is 243 g/mol. The van der Waals surface area contributed by atoms with E-state index in [1.807, 2.05) is 31.5 Å². The Kier molecular flexibility index (Phi) is 3.07. The van der Waals surface area contributed by atoms with Gasteiger partial charge < -0.3 is 14.5 Å². The van der Waals surface area contributed by atoms with Crippen LogP contribution >= 0.6 is 0 Å². The van der Waals surface area contributed by atoms with Gasteiger partial charge >= 0.3 is 0 Å². The third-order valence-corrected chi connectivity index (χ3v) is 3.36. The molecule has 18 heavy (non-hydrogen) atoms. The molecule has 0 amide bonds. The Morgan fingerprint density at radius 2 is 2.17 bits per heavy atom. The summed E-state index contributed by atoms with van der Waals surface area (Å²) in [6, 6.07) is 8.17. The first-order chi connectivity index (χ1) is 8.90. The molecule has 0 fully saturated rings.